The molecule has 0 bridgehead atoms. The second-order valence-electron chi connectivity index (χ2n) is 4.73. The van der Waals surface area contributed by atoms with E-state index in [0.717, 1.165) is 10.6 Å². The molecule has 118 valence electrons. The largest absolute Gasteiger partial charge is 0.385 e. The summed E-state index contributed by atoms with van der Waals surface area (Å²) in [5, 5.41) is 2.74. The van der Waals surface area contributed by atoms with Crippen molar-refractivity contribution in [2.45, 2.75) is 12.5 Å². The molecule has 0 aliphatic heterocycles. The van der Waals surface area contributed by atoms with Crippen molar-refractivity contribution in [2.75, 3.05) is 33.6 Å². The molecule has 1 rings (SSSR count). The maximum atomic E-state index is 12.3. The normalized spacial score (nSPS) is 13.1. The van der Waals surface area contributed by atoms with E-state index in [9.17, 15) is 13.2 Å². The number of likely N-dealkylation sites (N-methyl/N-ethyl adjacent to an activating group) is 1. The number of carbonyl (C=O) groups is 1. The summed E-state index contributed by atoms with van der Waals surface area (Å²) in [6.45, 7) is 0.978. The monoisotopic (exact) mass is 314 g/mol. The van der Waals surface area contributed by atoms with Crippen LogP contribution in [0.15, 0.2) is 30.3 Å². The first kappa shape index (κ1) is 17.6. The number of carbonyl (C=O) groups excluding carboxylic acids is 1. The summed E-state index contributed by atoms with van der Waals surface area (Å²) in [7, 11) is -0.489. The van der Waals surface area contributed by atoms with Gasteiger partial charge in [0.1, 0.15) is 6.04 Å². The summed E-state index contributed by atoms with van der Waals surface area (Å²) in [4.78, 5) is 12.3. The Labute approximate surface area is 126 Å². The number of ether oxygens (including phenoxy) is 1. The third-order valence-corrected chi connectivity index (χ3v) is 4.33. The van der Waals surface area contributed by atoms with Crippen LogP contribution < -0.4 is 5.32 Å². The number of amides is 1. The van der Waals surface area contributed by atoms with E-state index in [1.54, 1.807) is 31.4 Å². The molecular formula is C14H22N2O4S. The van der Waals surface area contributed by atoms with E-state index in [1.807, 2.05) is 6.07 Å². The van der Waals surface area contributed by atoms with Gasteiger partial charge in [0.15, 0.2) is 0 Å². The quantitative estimate of drug-likeness (QED) is 0.719. The molecule has 0 saturated heterocycles. The van der Waals surface area contributed by atoms with Crippen molar-refractivity contribution in [3.63, 3.8) is 0 Å². The van der Waals surface area contributed by atoms with Crippen molar-refractivity contribution >= 4 is 15.9 Å². The summed E-state index contributed by atoms with van der Waals surface area (Å²) in [5.41, 5.74) is 0.634. The van der Waals surface area contributed by atoms with E-state index in [4.69, 9.17) is 4.74 Å². The smallest absolute Gasteiger partial charge is 0.242 e. The van der Waals surface area contributed by atoms with Crippen molar-refractivity contribution in [3.8, 4) is 0 Å². The van der Waals surface area contributed by atoms with Gasteiger partial charge in [0.2, 0.25) is 15.9 Å². The molecule has 0 saturated carbocycles. The summed E-state index contributed by atoms with van der Waals surface area (Å²) in [5.74, 6) is -0.342. The first-order chi connectivity index (χ1) is 9.88. The van der Waals surface area contributed by atoms with Gasteiger partial charge in [-0.2, -0.15) is 4.31 Å². The second kappa shape index (κ2) is 8.11. The molecule has 1 amide bonds. The van der Waals surface area contributed by atoms with Crippen LogP contribution in [-0.2, 0) is 19.6 Å². The van der Waals surface area contributed by atoms with E-state index < -0.39 is 16.1 Å². The number of hydrogen-bond donors (Lipinski definition) is 1. The molecule has 0 spiro atoms. The SMILES string of the molecule is COCCCNC(=O)[C@H](c1ccccc1)N(C)S(C)(=O)=O. The fourth-order valence-electron chi connectivity index (χ4n) is 1.88. The minimum absolute atomic E-state index is 0.342. The van der Waals surface area contributed by atoms with Crippen LogP contribution in [0.3, 0.4) is 0 Å². The first-order valence-corrected chi connectivity index (χ1v) is 8.47. The van der Waals surface area contributed by atoms with Gasteiger partial charge in [0.05, 0.1) is 6.26 Å². The predicted octanol–water partition coefficient (Wildman–Crippen LogP) is 0.772. The topological polar surface area (TPSA) is 75.7 Å². The van der Waals surface area contributed by atoms with Gasteiger partial charge >= 0.3 is 0 Å². The molecule has 0 aromatic heterocycles. The second-order valence-corrected chi connectivity index (χ2v) is 6.77. The minimum Gasteiger partial charge on any atom is -0.385 e. The van der Waals surface area contributed by atoms with Crippen molar-refractivity contribution < 1.29 is 17.9 Å². The molecule has 0 unspecified atom stereocenters. The third-order valence-electron chi connectivity index (χ3n) is 3.07. The van der Waals surface area contributed by atoms with E-state index in [-0.39, 0.29) is 5.91 Å². The molecule has 0 fully saturated rings. The van der Waals surface area contributed by atoms with Crippen LogP contribution in [-0.4, -0.2) is 52.2 Å². The number of sulfonamides is 1. The van der Waals surface area contributed by atoms with Gasteiger partial charge in [-0.05, 0) is 12.0 Å². The molecule has 1 N–H and O–H groups in total. The van der Waals surface area contributed by atoms with E-state index in [1.165, 1.54) is 7.05 Å². The van der Waals surface area contributed by atoms with Crippen LogP contribution in [0.2, 0.25) is 0 Å². The molecule has 0 aliphatic rings. The third kappa shape index (κ3) is 5.45. The van der Waals surface area contributed by atoms with Crippen LogP contribution in [0.1, 0.15) is 18.0 Å². The Hall–Kier alpha value is -1.44. The lowest BCUT2D eigenvalue weighted by atomic mass is 10.1. The van der Waals surface area contributed by atoms with E-state index in [0.29, 0.717) is 25.1 Å². The number of benzene rings is 1. The number of nitrogens with one attached hydrogen (secondary N) is 1. The molecule has 0 aliphatic carbocycles. The average Bonchev–Trinajstić information content (AvgIpc) is 2.44. The zero-order valence-electron chi connectivity index (χ0n) is 12.6. The van der Waals surface area contributed by atoms with Gasteiger partial charge in [0.25, 0.3) is 0 Å². The minimum atomic E-state index is -3.48. The van der Waals surface area contributed by atoms with Crippen LogP contribution in [0.4, 0.5) is 0 Å². The Balaban J connectivity index is 2.90. The number of rotatable bonds is 8. The Kier molecular flexibility index (Phi) is 6.80. The average molecular weight is 314 g/mol. The molecular weight excluding hydrogens is 292 g/mol. The molecule has 0 radical (unpaired) electrons. The fourth-order valence-corrected chi connectivity index (χ4v) is 2.48. The summed E-state index contributed by atoms with van der Waals surface area (Å²) in [6, 6.07) is 7.97. The zero-order chi connectivity index (χ0) is 15.9. The van der Waals surface area contributed by atoms with Crippen LogP contribution in [0.5, 0.6) is 0 Å². The van der Waals surface area contributed by atoms with Crippen molar-refractivity contribution in [3.05, 3.63) is 35.9 Å². The highest BCUT2D eigenvalue weighted by Crippen LogP contribution is 2.21. The van der Waals surface area contributed by atoms with Crippen molar-refractivity contribution in [2.24, 2.45) is 0 Å². The fraction of sp³-hybridized carbons (Fsp3) is 0.500. The first-order valence-electron chi connectivity index (χ1n) is 6.62. The Morgan fingerprint density at radius 3 is 2.48 bits per heavy atom. The van der Waals surface area contributed by atoms with Crippen LogP contribution in [0.25, 0.3) is 0 Å². The molecule has 1 aromatic carbocycles. The number of nitrogens with zero attached hydrogens (tertiary/aromatic N) is 1. The van der Waals surface area contributed by atoms with Crippen molar-refractivity contribution in [1.82, 2.24) is 9.62 Å². The molecule has 0 heterocycles. The van der Waals surface area contributed by atoms with Gasteiger partial charge in [-0.3, -0.25) is 4.79 Å². The van der Waals surface area contributed by atoms with Gasteiger partial charge in [-0.25, -0.2) is 8.42 Å². The maximum absolute atomic E-state index is 12.3. The lowest BCUT2D eigenvalue weighted by molar-refractivity contribution is -0.124. The summed E-state index contributed by atoms with van der Waals surface area (Å²) in [6.07, 6.45) is 1.76. The standard InChI is InChI=1S/C14H22N2O4S/c1-16(21(3,18)19)13(12-8-5-4-6-9-12)14(17)15-10-7-11-20-2/h4-6,8-9,13H,7,10-11H2,1-3H3,(H,15,17)/t13-/m0/s1. The highest BCUT2D eigenvalue weighted by molar-refractivity contribution is 7.88. The molecule has 1 atom stereocenters. The van der Waals surface area contributed by atoms with E-state index >= 15 is 0 Å². The lowest BCUT2D eigenvalue weighted by Gasteiger charge is -2.25. The lowest BCUT2D eigenvalue weighted by Crippen LogP contribution is -2.41. The molecule has 21 heavy (non-hydrogen) atoms. The predicted molar refractivity (Wildman–Crippen MR) is 81.3 cm³/mol. The molecule has 7 heteroatoms. The van der Waals surface area contributed by atoms with Crippen LogP contribution >= 0.6 is 0 Å². The van der Waals surface area contributed by atoms with Gasteiger partial charge < -0.3 is 10.1 Å². The highest BCUT2D eigenvalue weighted by Gasteiger charge is 2.30. The van der Waals surface area contributed by atoms with Gasteiger partial charge in [-0.15, -0.1) is 0 Å². The maximum Gasteiger partial charge on any atom is 0.242 e. The Morgan fingerprint density at radius 1 is 1.33 bits per heavy atom. The highest BCUT2D eigenvalue weighted by atomic mass is 32.2. The summed E-state index contributed by atoms with van der Waals surface area (Å²) < 4.78 is 29.5. The number of hydrogen-bond acceptors (Lipinski definition) is 4. The number of methoxy groups -OCH3 is 1. The molecule has 6 nitrogen and oxygen atoms in total. The molecule has 1 aromatic rings. The summed E-state index contributed by atoms with van der Waals surface area (Å²) >= 11 is 0. The van der Waals surface area contributed by atoms with Crippen molar-refractivity contribution in [1.29, 1.82) is 0 Å². The zero-order valence-corrected chi connectivity index (χ0v) is 13.4. The van der Waals surface area contributed by atoms with Gasteiger partial charge in [0, 0.05) is 27.3 Å². The van der Waals surface area contributed by atoms with E-state index in [2.05, 4.69) is 5.32 Å². The van der Waals surface area contributed by atoms with Gasteiger partial charge in [-0.1, -0.05) is 30.3 Å². The Morgan fingerprint density at radius 2 is 1.95 bits per heavy atom. The Bertz CT molecular complexity index is 545. The van der Waals surface area contributed by atoms with Crippen LogP contribution in [0, 0.1) is 0 Å².